The summed E-state index contributed by atoms with van der Waals surface area (Å²) in [5, 5.41) is 0.440. The summed E-state index contributed by atoms with van der Waals surface area (Å²) in [7, 11) is 0. The van der Waals surface area contributed by atoms with E-state index in [9.17, 15) is 4.79 Å². The number of rotatable bonds is 2. The third-order valence-electron chi connectivity index (χ3n) is 3.55. The van der Waals surface area contributed by atoms with E-state index in [1.807, 2.05) is 0 Å². The fourth-order valence-electron chi connectivity index (χ4n) is 2.46. The molecule has 0 atom stereocenters. The van der Waals surface area contributed by atoms with E-state index < -0.39 is 0 Å². The molecule has 1 saturated heterocycles. The Kier molecular flexibility index (Phi) is 6.12. The number of hydrogen-bond donors (Lipinski definition) is 1. The molecule has 0 aromatic carbocycles. The molecule has 1 aliphatic heterocycles. The molecule has 9 heteroatoms. The van der Waals surface area contributed by atoms with Crippen LogP contribution in [0.2, 0.25) is 10.3 Å². The molecule has 0 aliphatic carbocycles. The SMILES string of the molecule is O=C(c1cc(Cl)nc(Cl)c1)N1CC[NH+](c2ncccn2)CC1.[Cl-]. The van der Waals surface area contributed by atoms with Crippen LogP contribution in [0.1, 0.15) is 10.4 Å². The number of piperazine rings is 1. The first-order valence-electron chi connectivity index (χ1n) is 6.88. The average Bonchev–Trinajstić information content (AvgIpc) is 2.54. The van der Waals surface area contributed by atoms with Gasteiger partial charge in [-0.25, -0.2) is 4.98 Å². The third kappa shape index (κ3) is 4.29. The van der Waals surface area contributed by atoms with Crippen molar-refractivity contribution in [3.8, 4) is 0 Å². The monoisotopic (exact) mass is 373 g/mol. The van der Waals surface area contributed by atoms with Gasteiger partial charge < -0.3 is 17.3 Å². The van der Waals surface area contributed by atoms with Crippen molar-refractivity contribution in [1.82, 2.24) is 19.9 Å². The first kappa shape index (κ1) is 17.9. The zero-order valence-electron chi connectivity index (χ0n) is 12.0. The number of hydrogen-bond acceptors (Lipinski definition) is 4. The molecule has 0 spiro atoms. The molecule has 1 fully saturated rings. The molecule has 2 aromatic heterocycles. The molecule has 23 heavy (non-hydrogen) atoms. The molecule has 122 valence electrons. The van der Waals surface area contributed by atoms with E-state index >= 15 is 0 Å². The molecular weight excluding hydrogens is 361 g/mol. The highest BCUT2D eigenvalue weighted by Crippen LogP contribution is 2.16. The highest BCUT2D eigenvalue weighted by molar-refractivity contribution is 6.33. The van der Waals surface area contributed by atoms with Gasteiger partial charge in [-0.1, -0.05) is 23.2 Å². The number of halogens is 3. The Morgan fingerprint density at radius 3 is 2.22 bits per heavy atom. The predicted octanol–water partition coefficient (Wildman–Crippen LogP) is -2.15. The number of nitrogens with zero attached hydrogens (tertiary/aromatic N) is 4. The Morgan fingerprint density at radius 2 is 1.65 bits per heavy atom. The summed E-state index contributed by atoms with van der Waals surface area (Å²) in [6, 6.07) is 4.87. The summed E-state index contributed by atoms with van der Waals surface area (Å²) in [4.78, 5) is 27.8. The number of nitrogens with one attached hydrogen (secondary N) is 1. The summed E-state index contributed by atoms with van der Waals surface area (Å²) in [6.07, 6.45) is 3.46. The molecule has 0 radical (unpaired) electrons. The van der Waals surface area contributed by atoms with Crippen LogP contribution < -0.4 is 17.3 Å². The Hall–Kier alpha value is -1.47. The minimum absolute atomic E-state index is 0. The predicted molar refractivity (Wildman–Crippen MR) is 82.5 cm³/mol. The number of aromatic nitrogens is 3. The van der Waals surface area contributed by atoms with E-state index in [0.717, 1.165) is 19.0 Å². The van der Waals surface area contributed by atoms with Gasteiger partial charge >= 0.3 is 5.95 Å². The normalized spacial score (nSPS) is 15.1. The van der Waals surface area contributed by atoms with Crippen molar-refractivity contribution in [2.75, 3.05) is 26.2 Å². The standard InChI is InChI=1S/C14H13Cl2N5O.ClH/c15-11-8-10(9-12(16)19-11)13(22)20-4-6-21(7-5-20)14-17-2-1-3-18-14;/h1-3,8-9H,4-7H2;1H. The number of quaternary nitrogens is 1. The second-order valence-electron chi connectivity index (χ2n) is 4.97. The number of pyridine rings is 1. The van der Waals surface area contributed by atoms with Gasteiger partial charge in [0.15, 0.2) is 0 Å². The maximum Gasteiger partial charge on any atom is 0.327 e. The highest BCUT2D eigenvalue weighted by Gasteiger charge is 2.27. The van der Waals surface area contributed by atoms with Crippen LogP contribution in [0, 0.1) is 0 Å². The molecule has 3 rings (SSSR count). The van der Waals surface area contributed by atoms with Gasteiger partial charge in [-0.15, -0.1) is 0 Å². The van der Waals surface area contributed by atoms with Crippen molar-refractivity contribution in [1.29, 1.82) is 0 Å². The Labute approximate surface area is 149 Å². The second-order valence-corrected chi connectivity index (χ2v) is 5.74. The molecule has 6 nitrogen and oxygen atoms in total. The van der Waals surface area contributed by atoms with Gasteiger partial charge in [0, 0.05) is 18.0 Å². The van der Waals surface area contributed by atoms with Crippen molar-refractivity contribution < 1.29 is 22.1 Å². The zero-order chi connectivity index (χ0) is 15.5. The number of carbonyl (C=O) groups excluding carboxylic acids is 1. The van der Waals surface area contributed by atoms with Crippen LogP contribution in [0.3, 0.4) is 0 Å². The number of amides is 1. The van der Waals surface area contributed by atoms with Crippen molar-refractivity contribution >= 4 is 35.1 Å². The highest BCUT2D eigenvalue weighted by atomic mass is 35.5. The quantitative estimate of drug-likeness (QED) is 0.609. The summed E-state index contributed by atoms with van der Waals surface area (Å²) < 4.78 is 0. The summed E-state index contributed by atoms with van der Waals surface area (Å²) >= 11 is 11.7. The summed E-state index contributed by atoms with van der Waals surface area (Å²) in [5.74, 6) is 0.684. The summed E-state index contributed by atoms with van der Waals surface area (Å²) in [6.45, 7) is 2.79. The van der Waals surface area contributed by atoms with Crippen LogP contribution in [0.15, 0.2) is 30.6 Å². The topological polar surface area (TPSA) is 63.4 Å². The molecule has 2 aromatic rings. The van der Waals surface area contributed by atoms with Gasteiger partial charge in [0.2, 0.25) is 0 Å². The molecule has 0 saturated carbocycles. The molecule has 0 bridgehead atoms. The zero-order valence-corrected chi connectivity index (χ0v) is 14.3. The van der Waals surface area contributed by atoms with E-state index in [-0.39, 0.29) is 28.6 Å². The fraction of sp³-hybridized carbons (Fsp3) is 0.286. The van der Waals surface area contributed by atoms with Gasteiger partial charge in [-0.3, -0.25) is 9.69 Å². The molecular formula is C14H14Cl3N5O. The number of carbonyl (C=O) groups is 1. The van der Waals surface area contributed by atoms with Crippen LogP contribution in [-0.2, 0) is 0 Å². The maximum atomic E-state index is 12.5. The molecule has 3 heterocycles. The third-order valence-corrected chi connectivity index (χ3v) is 3.93. The Morgan fingerprint density at radius 1 is 1.09 bits per heavy atom. The van der Waals surface area contributed by atoms with Gasteiger partial charge in [0.25, 0.3) is 5.91 Å². The first-order chi connectivity index (χ1) is 10.6. The Balaban J connectivity index is 0.00000192. The average molecular weight is 375 g/mol. The summed E-state index contributed by atoms with van der Waals surface area (Å²) in [5.41, 5.74) is 0.462. The van der Waals surface area contributed by atoms with Crippen LogP contribution in [0.25, 0.3) is 0 Å². The lowest BCUT2D eigenvalue weighted by Crippen LogP contribution is -3.11. The lowest BCUT2D eigenvalue weighted by molar-refractivity contribution is -0.842. The van der Waals surface area contributed by atoms with Crippen LogP contribution in [0.4, 0.5) is 5.95 Å². The molecule has 1 amide bonds. The lowest BCUT2D eigenvalue weighted by atomic mass is 10.2. The van der Waals surface area contributed by atoms with Gasteiger partial charge in [-0.05, 0) is 18.2 Å². The van der Waals surface area contributed by atoms with Crippen molar-refractivity contribution in [3.05, 3.63) is 46.5 Å². The van der Waals surface area contributed by atoms with Crippen LogP contribution >= 0.6 is 23.2 Å². The van der Waals surface area contributed by atoms with Crippen molar-refractivity contribution in [2.45, 2.75) is 0 Å². The van der Waals surface area contributed by atoms with Crippen molar-refractivity contribution in [3.63, 3.8) is 0 Å². The largest absolute Gasteiger partial charge is 1.00 e. The van der Waals surface area contributed by atoms with Crippen LogP contribution in [-0.4, -0.2) is 51.9 Å². The first-order valence-corrected chi connectivity index (χ1v) is 7.63. The molecule has 1 aliphatic rings. The van der Waals surface area contributed by atoms with E-state index in [0.29, 0.717) is 18.7 Å². The van der Waals surface area contributed by atoms with E-state index in [2.05, 4.69) is 15.0 Å². The molecule has 0 unspecified atom stereocenters. The smallest absolute Gasteiger partial charge is 0.327 e. The second kappa shape index (κ2) is 7.88. The van der Waals surface area contributed by atoms with Crippen molar-refractivity contribution in [2.24, 2.45) is 0 Å². The minimum Gasteiger partial charge on any atom is -1.00 e. The maximum absolute atomic E-state index is 12.5. The van der Waals surface area contributed by atoms with E-state index in [1.165, 1.54) is 17.0 Å². The van der Waals surface area contributed by atoms with Crippen LogP contribution in [0.5, 0.6) is 0 Å². The van der Waals surface area contributed by atoms with Gasteiger partial charge in [0.1, 0.15) is 23.4 Å². The van der Waals surface area contributed by atoms with E-state index in [1.54, 1.807) is 23.4 Å². The molecule has 1 N–H and O–H groups in total. The van der Waals surface area contributed by atoms with Gasteiger partial charge in [-0.2, -0.15) is 9.97 Å². The minimum atomic E-state index is -0.0840. The Bertz CT molecular complexity index is 657. The van der Waals surface area contributed by atoms with Gasteiger partial charge in [0.05, 0.1) is 13.1 Å². The fourth-order valence-corrected chi connectivity index (χ4v) is 2.92. The van der Waals surface area contributed by atoms with E-state index in [4.69, 9.17) is 23.2 Å². The lowest BCUT2D eigenvalue weighted by Gasteiger charge is -2.30.